The molecule has 2 aliphatic rings. The van der Waals surface area contributed by atoms with Crippen LogP contribution in [0.2, 0.25) is 0 Å². The van der Waals surface area contributed by atoms with Crippen molar-refractivity contribution in [2.45, 2.75) is 55.4 Å². The topological polar surface area (TPSA) is 17.3 Å². The molecule has 2 unspecified atom stereocenters. The van der Waals surface area contributed by atoms with Gasteiger partial charge in [0.05, 0.1) is 11.0 Å². The van der Waals surface area contributed by atoms with Crippen LogP contribution in [0.25, 0.3) is 83.9 Å². The molecule has 2 heterocycles. The first-order chi connectivity index (χ1) is 21.0. The molecule has 0 fully saturated rings. The van der Waals surface area contributed by atoms with Gasteiger partial charge in [-0.2, -0.15) is 5.10 Å². The van der Waals surface area contributed by atoms with Crippen molar-refractivity contribution >= 4 is 83.9 Å². The Bertz CT molecular complexity index is 2320. The fourth-order valence-corrected chi connectivity index (χ4v) is 7.42. The Labute approximate surface area is 254 Å². The second-order valence-electron chi connectivity index (χ2n) is 11.7. The Hall–Kier alpha value is -4.43. The molecule has 0 saturated heterocycles. The van der Waals surface area contributed by atoms with Crippen molar-refractivity contribution in [2.24, 2.45) is 11.8 Å². The van der Waals surface area contributed by atoms with Crippen molar-refractivity contribution in [3.63, 3.8) is 0 Å². The summed E-state index contributed by atoms with van der Waals surface area (Å²) in [7, 11) is 0. The van der Waals surface area contributed by atoms with Crippen molar-refractivity contribution in [3.8, 4) is 0 Å². The number of rotatable bonds is 0. The minimum Gasteiger partial charge on any atom is -0.231 e. The molecule has 214 valence electrons. The van der Waals surface area contributed by atoms with Crippen molar-refractivity contribution in [2.75, 3.05) is 0 Å². The van der Waals surface area contributed by atoms with Crippen LogP contribution in [0, 0.1) is 25.7 Å². The van der Waals surface area contributed by atoms with E-state index in [9.17, 15) is 0 Å². The van der Waals surface area contributed by atoms with E-state index in [2.05, 4.69) is 117 Å². The van der Waals surface area contributed by atoms with Gasteiger partial charge in [0.15, 0.2) is 0 Å². The zero-order chi connectivity index (χ0) is 30.2. The zero-order valence-electron chi connectivity index (χ0n) is 26.6. The Morgan fingerprint density at radius 3 is 1.65 bits per heavy atom. The van der Waals surface area contributed by atoms with Crippen molar-refractivity contribution in [3.05, 3.63) is 94.1 Å². The van der Waals surface area contributed by atoms with Gasteiger partial charge < -0.3 is 0 Å². The number of hydrogen-bond acceptors (Lipinski definition) is 1. The summed E-state index contributed by atoms with van der Waals surface area (Å²) in [6.07, 6.45) is 18.5. The van der Waals surface area contributed by atoms with E-state index in [-0.39, 0.29) is 0 Å². The van der Waals surface area contributed by atoms with Gasteiger partial charge >= 0.3 is 0 Å². The second-order valence-corrected chi connectivity index (χ2v) is 11.7. The van der Waals surface area contributed by atoms with Gasteiger partial charge in [-0.15, -0.1) is 0 Å². The molecule has 0 N–H and O–H groups in total. The third kappa shape index (κ3) is 3.62. The minimum atomic E-state index is 0.408. The van der Waals surface area contributed by atoms with Gasteiger partial charge in [0.25, 0.3) is 0 Å². The number of fused-ring (bicyclic) bond motifs is 6. The maximum Gasteiger partial charge on any atom is 0.102 e. The molecular weight excluding hydrogens is 520 g/mol. The minimum absolute atomic E-state index is 0.408. The van der Waals surface area contributed by atoms with Crippen LogP contribution in [-0.2, 0) is 0 Å². The standard InChI is InChI=1S/C37H28N2.2C2H6/c1-19-5-9-23-21(3)25-13-15-29-31-16-14-26-22(4)24-10-6-20(2)8-12-30(24)36-35(26)37(31)39(38-36)32-18-17-28(27(23)11-7-19)33(25)34(29)32;2*1-2/h5-20H,1-4H3;2*1-2H3. The molecular formula is C41H40N2. The van der Waals surface area contributed by atoms with Crippen molar-refractivity contribution in [1.29, 1.82) is 0 Å². The summed E-state index contributed by atoms with van der Waals surface area (Å²) in [6, 6.07) is 14.0. The maximum absolute atomic E-state index is 5.40. The molecule has 2 aromatic heterocycles. The fourth-order valence-electron chi connectivity index (χ4n) is 7.42. The SMILES string of the molecule is CC.CC.Cc1c2c(c3ccc4c5c(ccc1c35)c1ccc3c(C)c5c(c6nn4c1c36)C=CC(C)C=C5)C=CC(C)C=C2. The number of pyridine rings is 1. The summed E-state index contributed by atoms with van der Waals surface area (Å²) >= 11 is 0. The van der Waals surface area contributed by atoms with Crippen LogP contribution in [0.15, 0.2) is 60.7 Å². The summed E-state index contributed by atoms with van der Waals surface area (Å²) in [5.41, 5.74) is 11.4. The second kappa shape index (κ2) is 10.1. The molecule has 9 rings (SSSR count). The molecule has 5 aromatic carbocycles. The van der Waals surface area contributed by atoms with E-state index in [0.717, 1.165) is 5.52 Å². The molecule has 2 atom stereocenters. The molecule has 0 saturated carbocycles. The first-order valence-corrected chi connectivity index (χ1v) is 16.1. The van der Waals surface area contributed by atoms with Crippen LogP contribution >= 0.6 is 0 Å². The normalized spacial score (nSPS) is 17.4. The molecule has 0 aliphatic heterocycles. The largest absolute Gasteiger partial charge is 0.231 e. The molecule has 2 nitrogen and oxygen atoms in total. The molecule has 0 amide bonds. The first-order valence-electron chi connectivity index (χ1n) is 16.1. The van der Waals surface area contributed by atoms with Crippen LogP contribution in [0.1, 0.15) is 74.9 Å². The van der Waals surface area contributed by atoms with E-state index < -0.39 is 0 Å². The van der Waals surface area contributed by atoms with E-state index in [1.807, 2.05) is 27.7 Å². The van der Waals surface area contributed by atoms with Gasteiger partial charge in [-0.3, -0.25) is 0 Å². The number of hydrogen-bond donors (Lipinski definition) is 0. The predicted octanol–water partition coefficient (Wildman–Crippen LogP) is 12.0. The Balaban J connectivity index is 0.000000723. The summed E-state index contributed by atoms with van der Waals surface area (Å²) in [5, 5.41) is 15.9. The molecule has 43 heavy (non-hydrogen) atoms. The Morgan fingerprint density at radius 1 is 0.512 bits per heavy atom. The lowest BCUT2D eigenvalue weighted by Crippen LogP contribution is -1.98. The molecule has 0 radical (unpaired) electrons. The molecule has 0 spiro atoms. The van der Waals surface area contributed by atoms with Gasteiger partial charge in [-0.25, -0.2) is 4.52 Å². The Morgan fingerprint density at radius 2 is 1.00 bits per heavy atom. The highest BCUT2D eigenvalue weighted by Crippen LogP contribution is 2.46. The predicted molar refractivity (Wildman–Crippen MR) is 192 cm³/mol. The highest BCUT2D eigenvalue weighted by molar-refractivity contribution is 6.33. The lowest BCUT2D eigenvalue weighted by Gasteiger charge is -2.19. The van der Waals surface area contributed by atoms with Crippen molar-refractivity contribution < 1.29 is 0 Å². The summed E-state index contributed by atoms with van der Waals surface area (Å²) in [5.74, 6) is 0.836. The van der Waals surface area contributed by atoms with Gasteiger partial charge in [-0.1, -0.05) is 120 Å². The van der Waals surface area contributed by atoms with E-state index in [1.54, 1.807) is 0 Å². The maximum atomic E-state index is 5.40. The van der Waals surface area contributed by atoms with E-state index in [0.29, 0.717) is 11.8 Å². The number of allylic oxidation sites excluding steroid dienone is 4. The number of aromatic nitrogens is 2. The summed E-state index contributed by atoms with van der Waals surface area (Å²) in [4.78, 5) is 0. The third-order valence-electron chi connectivity index (χ3n) is 9.49. The lowest BCUT2D eigenvalue weighted by atomic mass is 9.86. The van der Waals surface area contributed by atoms with Gasteiger partial charge in [0.2, 0.25) is 0 Å². The van der Waals surface area contributed by atoms with Crippen LogP contribution in [0.5, 0.6) is 0 Å². The average Bonchev–Trinajstić information content (AvgIpc) is 3.18. The van der Waals surface area contributed by atoms with E-state index >= 15 is 0 Å². The van der Waals surface area contributed by atoms with Crippen LogP contribution in [0.3, 0.4) is 0 Å². The highest BCUT2D eigenvalue weighted by atomic mass is 15.2. The highest BCUT2D eigenvalue weighted by Gasteiger charge is 2.25. The number of nitrogens with zero attached hydrogens (tertiary/aromatic N) is 2. The lowest BCUT2D eigenvalue weighted by molar-refractivity contribution is 0.954. The van der Waals surface area contributed by atoms with Gasteiger partial charge in [0.1, 0.15) is 5.52 Å². The molecule has 2 aliphatic carbocycles. The monoisotopic (exact) mass is 560 g/mol. The molecule has 7 aromatic rings. The van der Waals surface area contributed by atoms with E-state index in [4.69, 9.17) is 5.10 Å². The average molecular weight is 561 g/mol. The number of benzene rings is 5. The molecule has 0 bridgehead atoms. The van der Waals surface area contributed by atoms with Gasteiger partial charge in [0, 0.05) is 21.7 Å². The quantitative estimate of drug-likeness (QED) is 0.133. The van der Waals surface area contributed by atoms with Crippen LogP contribution in [-0.4, -0.2) is 9.61 Å². The van der Waals surface area contributed by atoms with Crippen molar-refractivity contribution in [1.82, 2.24) is 9.61 Å². The van der Waals surface area contributed by atoms with Crippen LogP contribution < -0.4 is 0 Å². The first kappa shape index (κ1) is 27.4. The summed E-state index contributed by atoms with van der Waals surface area (Å²) < 4.78 is 2.25. The smallest absolute Gasteiger partial charge is 0.102 e. The fraction of sp³-hybridized carbons (Fsp3) is 0.244. The zero-order valence-corrected chi connectivity index (χ0v) is 26.6. The van der Waals surface area contributed by atoms with Crippen LogP contribution in [0.4, 0.5) is 0 Å². The van der Waals surface area contributed by atoms with Gasteiger partial charge in [-0.05, 0) is 86.5 Å². The third-order valence-corrected chi connectivity index (χ3v) is 9.49. The van der Waals surface area contributed by atoms with E-state index in [1.165, 1.54) is 87.5 Å². The Kier molecular flexibility index (Phi) is 6.43. The summed E-state index contributed by atoms with van der Waals surface area (Å²) in [6.45, 7) is 17.0. The molecule has 2 heteroatoms. The number of aryl methyl sites for hydroxylation is 2.